The van der Waals surface area contributed by atoms with Crippen LogP contribution in [0.4, 0.5) is 9.59 Å². The normalized spacial score (nSPS) is 23.9. The zero-order valence-electron chi connectivity index (χ0n) is 18.7. The molecule has 3 aliphatic rings. The Hall–Kier alpha value is -2.32. The van der Waals surface area contributed by atoms with E-state index in [1.165, 1.54) is 0 Å². The van der Waals surface area contributed by atoms with E-state index in [9.17, 15) is 14.7 Å². The van der Waals surface area contributed by atoms with Gasteiger partial charge >= 0.3 is 12.2 Å². The third kappa shape index (κ3) is 4.80. The maximum absolute atomic E-state index is 12.2. The number of benzene rings is 1. The third-order valence-electron chi connectivity index (χ3n) is 6.91. The van der Waals surface area contributed by atoms with Crippen molar-refractivity contribution >= 4 is 12.2 Å². The molecule has 3 heterocycles. The lowest BCUT2D eigenvalue weighted by molar-refractivity contribution is -0.0718. The summed E-state index contributed by atoms with van der Waals surface area (Å²) in [4.78, 5) is 32.1. The van der Waals surface area contributed by atoms with Crippen LogP contribution in [0.2, 0.25) is 0 Å². The highest BCUT2D eigenvalue weighted by Gasteiger charge is 2.46. The Kier molecular flexibility index (Phi) is 6.12. The van der Waals surface area contributed by atoms with Gasteiger partial charge in [-0.2, -0.15) is 0 Å². The van der Waals surface area contributed by atoms with Crippen molar-refractivity contribution in [3.63, 3.8) is 0 Å². The van der Waals surface area contributed by atoms with Gasteiger partial charge in [-0.05, 0) is 11.0 Å². The van der Waals surface area contributed by atoms with E-state index in [0.29, 0.717) is 25.2 Å². The van der Waals surface area contributed by atoms with Crippen LogP contribution in [0.3, 0.4) is 0 Å². The molecule has 1 N–H and O–H groups in total. The summed E-state index contributed by atoms with van der Waals surface area (Å²) in [6.07, 6.45) is -1.06. The fourth-order valence-electron chi connectivity index (χ4n) is 4.77. The monoisotopic (exact) mass is 430 g/mol. The number of amides is 2. The largest absolute Gasteiger partial charge is 0.465 e. The third-order valence-corrected chi connectivity index (χ3v) is 6.91. The van der Waals surface area contributed by atoms with Crippen LogP contribution in [0.15, 0.2) is 30.3 Å². The Morgan fingerprint density at radius 3 is 2.23 bits per heavy atom. The van der Waals surface area contributed by atoms with E-state index in [-0.39, 0.29) is 17.6 Å². The van der Waals surface area contributed by atoms with Gasteiger partial charge in [0.15, 0.2) is 0 Å². The maximum atomic E-state index is 12.2. The highest BCUT2D eigenvalue weighted by Crippen LogP contribution is 2.31. The van der Waals surface area contributed by atoms with Gasteiger partial charge in [-0.15, -0.1) is 0 Å². The van der Waals surface area contributed by atoms with Gasteiger partial charge in [0.05, 0.1) is 6.04 Å². The fraction of sp³-hybridized carbons (Fsp3) is 0.652. The zero-order valence-corrected chi connectivity index (χ0v) is 18.7. The lowest BCUT2D eigenvalue weighted by atomic mass is 9.83. The number of hydrogen-bond donors (Lipinski definition) is 1. The Morgan fingerprint density at radius 1 is 0.968 bits per heavy atom. The molecule has 170 valence electrons. The molecular weight excluding hydrogens is 396 g/mol. The average molecular weight is 431 g/mol. The highest BCUT2D eigenvalue weighted by atomic mass is 16.6. The summed E-state index contributed by atoms with van der Waals surface area (Å²) in [7, 11) is 0. The second kappa shape index (κ2) is 8.67. The number of rotatable bonds is 4. The van der Waals surface area contributed by atoms with Gasteiger partial charge in [-0.1, -0.05) is 51.1 Å². The molecule has 3 fully saturated rings. The van der Waals surface area contributed by atoms with Crippen molar-refractivity contribution in [3.8, 4) is 0 Å². The van der Waals surface area contributed by atoms with Gasteiger partial charge in [0, 0.05) is 57.9 Å². The molecule has 0 aromatic heterocycles. The van der Waals surface area contributed by atoms with Crippen molar-refractivity contribution < 1.29 is 19.4 Å². The van der Waals surface area contributed by atoms with Crippen molar-refractivity contribution in [1.29, 1.82) is 0 Å². The molecule has 0 aliphatic carbocycles. The van der Waals surface area contributed by atoms with Gasteiger partial charge in [0.2, 0.25) is 0 Å². The van der Waals surface area contributed by atoms with Gasteiger partial charge in [0.25, 0.3) is 0 Å². The van der Waals surface area contributed by atoms with Crippen molar-refractivity contribution in [3.05, 3.63) is 35.9 Å². The van der Waals surface area contributed by atoms with E-state index < -0.39 is 6.09 Å². The maximum Gasteiger partial charge on any atom is 0.410 e. The quantitative estimate of drug-likeness (QED) is 0.791. The van der Waals surface area contributed by atoms with Crippen molar-refractivity contribution in [2.75, 3.05) is 45.8 Å². The number of likely N-dealkylation sites (tertiary alicyclic amines) is 2. The molecule has 0 radical (unpaired) electrons. The Balaban J connectivity index is 1.19. The summed E-state index contributed by atoms with van der Waals surface area (Å²) < 4.78 is 5.41. The molecule has 3 aliphatic heterocycles. The molecule has 1 aromatic rings. The fourth-order valence-corrected chi connectivity index (χ4v) is 4.77. The number of nitrogens with zero attached hydrogens (tertiary/aromatic N) is 4. The van der Waals surface area contributed by atoms with Crippen LogP contribution in [-0.4, -0.2) is 101 Å². The molecule has 4 rings (SSSR count). The van der Waals surface area contributed by atoms with Gasteiger partial charge in [0.1, 0.15) is 6.61 Å². The summed E-state index contributed by atoms with van der Waals surface area (Å²) in [6.45, 7) is 12.2. The summed E-state index contributed by atoms with van der Waals surface area (Å²) in [5, 5.41) is 9.55. The van der Waals surface area contributed by atoms with E-state index >= 15 is 0 Å². The summed E-state index contributed by atoms with van der Waals surface area (Å²) >= 11 is 0. The molecule has 3 saturated heterocycles. The highest BCUT2D eigenvalue weighted by molar-refractivity contribution is 5.69. The predicted octanol–water partition coefficient (Wildman–Crippen LogP) is 2.40. The lowest BCUT2D eigenvalue weighted by Gasteiger charge is -2.56. The smallest absolute Gasteiger partial charge is 0.410 e. The van der Waals surface area contributed by atoms with E-state index in [1.807, 2.05) is 30.3 Å². The van der Waals surface area contributed by atoms with Gasteiger partial charge in [-0.3, -0.25) is 9.80 Å². The first-order valence-electron chi connectivity index (χ1n) is 11.2. The molecule has 0 saturated carbocycles. The molecule has 8 heteroatoms. The first-order chi connectivity index (χ1) is 14.7. The molecule has 31 heavy (non-hydrogen) atoms. The first kappa shape index (κ1) is 21.9. The van der Waals surface area contributed by atoms with Crippen LogP contribution in [0.25, 0.3) is 0 Å². The van der Waals surface area contributed by atoms with Gasteiger partial charge in [-0.25, -0.2) is 9.59 Å². The summed E-state index contributed by atoms with van der Waals surface area (Å²) in [5.74, 6) is 0. The van der Waals surface area contributed by atoms with Crippen LogP contribution < -0.4 is 0 Å². The minimum atomic E-state index is -0.816. The Morgan fingerprint density at radius 2 is 1.61 bits per heavy atom. The second-order valence-electron chi connectivity index (χ2n) is 10.1. The number of carbonyl (C=O) groups excluding carboxylic acids is 1. The topological polar surface area (TPSA) is 76.6 Å². The second-order valence-corrected chi connectivity index (χ2v) is 10.1. The van der Waals surface area contributed by atoms with Crippen LogP contribution >= 0.6 is 0 Å². The summed E-state index contributed by atoms with van der Waals surface area (Å²) in [5.41, 5.74) is 0.907. The Bertz CT molecular complexity index is 785. The van der Waals surface area contributed by atoms with Crippen molar-refractivity contribution in [2.24, 2.45) is 5.41 Å². The Labute approximate surface area is 184 Å². The van der Waals surface area contributed by atoms with E-state index in [1.54, 1.807) is 9.80 Å². The number of hydrogen-bond acceptors (Lipinski definition) is 5. The van der Waals surface area contributed by atoms with E-state index in [4.69, 9.17) is 4.74 Å². The molecule has 1 atom stereocenters. The predicted molar refractivity (Wildman–Crippen MR) is 117 cm³/mol. The molecule has 0 bridgehead atoms. The van der Waals surface area contributed by atoms with Crippen LogP contribution in [-0.2, 0) is 11.3 Å². The number of ether oxygens (including phenoxy) is 1. The lowest BCUT2D eigenvalue weighted by Crippen LogP contribution is -2.72. The molecular formula is C23H34N4O4. The molecule has 8 nitrogen and oxygen atoms in total. The van der Waals surface area contributed by atoms with E-state index in [2.05, 4.69) is 30.6 Å². The van der Waals surface area contributed by atoms with E-state index in [0.717, 1.165) is 44.8 Å². The summed E-state index contributed by atoms with van der Waals surface area (Å²) in [6, 6.07) is 10.6. The minimum Gasteiger partial charge on any atom is -0.465 e. The average Bonchev–Trinajstić information content (AvgIpc) is 2.66. The number of carbonyl (C=O) groups is 2. The van der Waals surface area contributed by atoms with Crippen molar-refractivity contribution in [1.82, 2.24) is 19.6 Å². The number of piperazine rings is 1. The zero-order chi connectivity index (χ0) is 22.2. The molecule has 1 aromatic carbocycles. The standard InChI is InChI=1S/C23H34N4O4/c1-23(2,3)20-15-24(9-10-27(20)21(28)29)18-11-25(12-18)19-13-26(14-19)22(30)31-16-17-7-5-4-6-8-17/h4-8,18-20H,9-16H2,1-3H3,(H,28,29). The SMILES string of the molecule is CC(C)(C)C1CN(C2CN(C3CN(C(=O)OCc4ccccc4)C3)C2)CCN1C(=O)O. The molecule has 0 spiro atoms. The van der Waals surface area contributed by atoms with Gasteiger partial charge < -0.3 is 19.6 Å². The first-order valence-corrected chi connectivity index (χ1v) is 11.2. The molecule has 2 amide bonds. The number of carboxylic acid groups (broad SMARTS) is 1. The van der Waals surface area contributed by atoms with Crippen molar-refractivity contribution in [2.45, 2.75) is 45.5 Å². The van der Waals surface area contributed by atoms with Crippen LogP contribution in [0.5, 0.6) is 0 Å². The van der Waals surface area contributed by atoms with Crippen LogP contribution in [0.1, 0.15) is 26.3 Å². The molecule has 1 unspecified atom stereocenters. The van der Waals surface area contributed by atoms with Crippen LogP contribution in [0, 0.1) is 5.41 Å². The minimum absolute atomic E-state index is 0.00591.